The van der Waals surface area contributed by atoms with Gasteiger partial charge < -0.3 is 10.6 Å². The van der Waals surface area contributed by atoms with Crippen LogP contribution in [-0.2, 0) is 22.5 Å². The van der Waals surface area contributed by atoms with Gasteiger partial charge in [-0.1, -0.05) is 40.5 Å². The Balaban J connectivity index is 1.90. The summed E-state index contributed by atoms with van der Waals surface area (Å²) in [6, 6.07) is 8.80. The van der Waals surface area contributed by atoms with Gasteiger partial charge in [0.2, 0.25) is 0 Å². The van der Waals surface area contributed by atoms with E-state index in [1.165, 1.54) is 11.3 Å². The number of hydrogen-bond donors (Lipinski definition) is 1. The van der Waals surface area contributed by atoms with Crippen LogP contribution in [0.4, 0.5) is 0 Å². The summed E-state index contributed by atoms with van der Waals surface area (Å²) in [7, 11) is 0. The molecule has 21 heavy (non-hydrogen) atoms. The number of carbonyl (C=O) groups is 1. The maximum absolute atomic E-state index is 11.6. The molecule has 0 saturated heterocycles. The molecule has 2 N–H and O–H groups in total. The minimum absolute atomic E-state index is 0.166. The van der Waals surface area contributed by atoms with Crippen LogP contribution in [0.15, 0.2) is 40.9 Å². The minimum Gasteiger partial charge on any atom is -0.384 e. The van der Waals surface area contributed by atoms with E-state index in [2.05, 4.69) is 5.16 Å². The predicted molar refractivity (Wildman–Crippen MR) is 85.9 cm³/mol. The van der Waals surface area contributed by atoms with Crippen molar-refractivity contribution in [2.45, 2.75) is 12.8 Å². The van der Waals surface area contributed by atoms with Gasteiger partial charge in [-0.05, 0) is 29.1 Å². The number of thiophene rings is 1. The highest BCUT2D eigenvalue weighted by atomic mass is 35.5. The lowest BCUT2D eigenvalue weighted by Gasteiger charge is -2.04. The summed E-state index contributed by atoms with van der Waals surface area (Å²) in [6.07, 6.45) is 0.457. The molecule has 0 unspecified atom stereocenters. The molecule has 2 rings (SSSR count). The third-order valence-corrected chi connectivity index (χ3v) is 4.01. The molecule has 0 saturated carbocycles. The highest BCUT2D eigenvalue weighted by Gasteiger charge is 2.08. The average Bonchev–Trinajstić information content (AvgIpc) is 2.92. The lowest BCUT2D eigenvalue weighted by Crippen LogP contribution is -2.17. The Kier molecular flexibility index (Phi) is 5.61. The number of carbonyl (C=O) groups excluding carboxylic acids is 1. The first-order valence-electron chi connectivity index (χ1n) is 6.03. The molecule has 7 heteroatoms. The minimum atomic E-state index is -0.456. The zero-order chi connectivity index (χ0) is 15.2. The zero-order valence-electron chi connectivity index (χ0n) is 10.9. The summed E-state index contributed by atoms with van der Waals surface area (Å²) in [5, 5.41) is 6.55. The van der Waals surface area contributed by atoms with Crippen molar-refractivity contribution in [2.75, 3.05) is 0 Å². The molecule has 0 radical (unpaired) electrons. The molecule has 0 spiro atoms. The maximum atomic E-state index is 11.6. The van der Waals surface area contributed by atoms with E-state index in [0.29, 0.717) is 10.0 Å². The Labute approximate surface area is 136 Å². The highest BCUT2D eigenvalue weighted by Crippen LogP contribution is 2.21. The number of nitrogens with two attached hydrogens (primary N) is 1. The number of hydrogen-bond acceptors (Lipinski definition) is 4. The quantitative estimate of drug-likeness (QED) is 0.390. The molecule has 110 valence electrons. The van der Waals surface area contributed by atoms with Crippen LogP contribution in [0.25, 0.3) is 0 Å². The average molecular weight is 343 g/mol. The smallest absolute Gasteiger partial charge is 0.340 e. The Morgan fingerprint density at radius 2 is 2.10 bits per heavy atom. The van der Waals surface area contributed by atoms with E-state index in [4.69, 9.17) is 33.8 Å². The van der Waals surface area contributed by atoms with Crippen LogP contribution in [0, 0.1) is 0 Å². The Bertz CT molecular complexity index is 657. The zero-order valence-corrected chi connectivity index (χ0v) is 13.2. The first kappa shape index (κ1) is 15.8. The molecule has 0 aliphatic heterocycles. The third kappa shape index (κ3) is 5.04. The first-order valence-corrected chi connectivity index (χ1v) is 7.66. The van der Waals surface area contributed by atoms with E-state index in [-0.39, 0.29) is 18.7 Å². The van der Waals surface area contributed by atoms with Crippen molar-refractivity contribution in [3.05, 3.63) is 56.2 Å². The Morgan fingerprint density at radius 1 is 1.29 bits per heavy atom. The highest BCUT2D eigenvalue weighted by molar-refractivity contribution is 7.10. The lowest BCUT2D eigenvalue weighted by atomic mass is 10.1. The molecule has 1 heterocycles. The molecule has 1 aromatic heterocycles. The molecule has 0 atom stereocenters. The number of halogens is 2. The molecule has 2 aromatic rings. The van der Waals surface area contributed by atoms with Crippen LogP contribution in [-0.4, -0.2) is 11.8 Å². The van der Waals surface area contributed by atoms with Gasteiger partial charge in [-0.25, -0.2) is 4.79 Å². The van der Waals surface area contributed by atoms with Gasteiger partial charge in [-0.15, -0.1) is 11.3 Å². The van der Waals surface area contributed by atoms with Crippen molar-refractivity contribution in [3.63, 3.8) is 0 Å². The fourth-order valence-corrected chi connectivity index (χ4v) is 2.76. The monoisotopic (exact) mass is 342 g/mol. The number of benzene rings is 1. The molecular formula is C14H12Cl2N2O2S. The van der Waals surface area contributed by atoms with Gasteiger partial charge >= 0.3 is 5.97 Å². The van der Waals surface area contributed by atoms with E-state index >= 15 is 0 Å². The largest absolute Gasteiger partial charge is 0.384 e. The number of rotatable bonds is 5. The summed E-state index contributed by atoms with van der Waals surface area (Å²) in [5.74, 6) is -0.290. The SMILES string of the molecule is NC(Cc1ccc(Cl)cc1Cl)=NOC(=O)Cc1cccs1. The van der Waals surface area contributed by atoms with E-state index in [1.54, 1.807) is 18.2 Å². The van der Waals surface area contributed by atoms with Crippen molar-refractivity contribution in [3.8, 4) is 0 Å². The fraction of sp³-hybridized carbons (Fsp3) is 0.143. The molecular weight excluding hydrogens is 331 g/mol. The maximum Gasteiger partial charge on any atom is 0.340 e. The lowest BCUT2D eigenvalue weighted by molar-refractivity contribution is -0.142. The summed E-state index contributed by atoms with van der Waals surface area (Å²) in [5.41, 5.74) is 6.48. The summed E-state index contributed by atoms with van der Waals surface area (Å²) < 4.78 is 0. The van der Waals surface area contributed by atoms with Crippen LogP contribution in [0.2, 0.25) is 10.0 Å². The van der Waals surface area contributed by atoms with Crippen LogP contribution in [0.1, 0.15) is 10.4 Å². The molecule has 0 fully saturated rings. The number of nitrogens with zero attached hydrogens (tertiary/aromatic N) is 1. The van der Waals surface area contributed by atoms with Gasteiger partial charge in [0.05, 0.1) is 6.42 Å². The van der Waals surface area contributed by atoms with Crippen LogP contribution < -0.4 is 5.73 Å². The third-order valence-electron chi connectivity index (χ3n) is 2.55. The van der Waals surface area contributed by atoms with Gasteiger partial charge in [-0.2, -0.15) is 0 Å². The Hall–Kier alpha value is -1.56. The second kappa shape index (κ2) is 7.45. The van der Waals surface area contributed by atoms with E-state index < -0.39 is 5.97 Å². The van der Waals surface area contributed by atoms with Crippen molar-refractivity contribution in [2.24, 2.45) is 10.9 Å². The summed E-state index contributed by atoms with van der Waals surface area (Å²) in [4.78, 5) is 17.2. The van der Waals surface area contributed by atoms with Crippen molar-refractivity contribution < 1.29 is 9.63 Å². The molecule has 1 aromatic carbocycles. The standard InChI is InChI=1S/C14H12Cl2N2O2S/c15-10-4-3-9(12(16)7-10)6-13(17)18-20-14(19)8-11-2-1-5-21-11/h1-5,7H,6,8H2,(H2,17,18). The molecule has 0 aliphatic rings. The van der Waals surface area contributed by atoms with Crippen molar-refractivity contribution >= 4 is 46.3 Å². The van der Waals surface area contributed by atoms with Gasteiger partial charge in [0.25, 0.3) is 0 Å². The van der Waals surface area contributed by atoms with Crippen molar-refractivity contribution in [1.82, 2.24) is 0 Å². The van der Waals surface area contributed by atoms with Gasteiger partial charge in [0.1, 0.15) is 5.84 Å². The predicted octanol–water partition coefficient (Wildman–Crippen LogP) is 3.66. The topological polar surface area (TPSA) is 64.7 Å². The number of oxime groups is 1. The van der Waals surface area contributed by atoms with Crippen molar-refractivity contribution in [1.29, 1.82) is 0 Å². The van der Waals surface area contributed by atoms with E-state index in [9.17, 15) is 4.79 Å². The molecule has 4 nitrogen and oxygen atoms in total. The van der Waals surface area contributed by atoms with Gasteiger partial charge in [0.15, 0.2) is 0 Å². The van der Waals surface area contributed by atoms with Gasteiger partial charge in [-0.3, -0.25) is 0 Å². The first-order chi connectivity index (χ1) is 10.0. The second-order valence-electron chi connectivity index (χ2n) is 4.21. The number of amidine groups is 1. The Morgan fingerprint density at radius 3 is 2.76 bits per heavy atom. The van der Waals surface area contributed by atoms with Crippen LogP contribution in [0.5, 0.6) is 0 Å². The second-order valence-corrected chi connectivity index (χ2v) is 6.09. The molecule has 0 bridgehead atoms. The summed E-state index contributed by atoms with van der Waals surface area (Å²) in [6.45, 7) is 0. The normalized spacial score (nSPS) is 11.4. The van der Waals surface area contributed by atoms with E-state index in [1.807, 2.05) is 17.5 Å². The van der Waals surface area contributed by atoms with Crippen LogP contribution in [0.3, 0.4) is 0 Å². The van der Waals surface area contributed by atoms with Crippen LogP contribution >= 0.6 is 34.5 Å². The van der Waals surface area contributed by atoms with E-state index in [0.717, 1.165) is 10.4 Å². The van der Waals surface area contributed by atoms with Gasteiger partial charge in [0, 0.05) is 21.3 Å². The summed E-state index contributed by atoms with van der Waals surface area (Å²) >= 11 is 13.3. The molecule has 0 amide bonds. The molecule has 0 aliphatic carbocycles. The fourth-order valence-electron chi connectivity index (χ4n) is 1.59.